The van der Waals surface area contributed by atoms with Crippen LogP contribution in [0.15, 0.2) is 16.6 Å². The second kappa shape index (κ2) is 19.7. The Morgan fingerprint density at radius 2 is 1.33 bits per heavy atom. The van der Waals surface area contributed by atoms with Crippen LogP contribution in [0.4, 0.5) is 10.5 Å². The number of thiophene rings is 2. The second-order valence-electron chi connectivity index (χ2n) is 14.8. The van der Waals surface area contributed by atoms with E-state index in [0.29, 0.717) is 53.2 Å². The van der Waals surface area contributed by atoms with E-state index in [2.05, 4.69) is 51.3 Å². The molecule has 9 nitrogen and oxygen atoms in total. The van der Waals surface area contributed by atoms with Crippen molar-refractivity contribution in [3.8, 4) is 23.7 Å². The maximum absolute atomic E-state index is 14.1. The molecule has 1 saturated carbocycles. The number of hydrogen-bond donors (Lipinski definition) is 0. The Hall–Kier alpha value is -3.32. The largest absolute Gasteiger partial charge is 0.465 e. The summed E-state index contributed by atoms with van der Waals surface area (Å²) in [5, 5.41) is 0. The summed E-state index contributed by atoms with van der Waals surface area (Å²) in [7, 11) is 2.73. The molecule has 0 spiro atoms. The van der Waals surface area contributed by atoms with Crippen molar-refractivity contribution in [2.75, 3.05) is 32.2 Å². The van der Waals surface area contributed by atoms with Gasteiger partial charge in [0, 0.05) is 41.4 Å². The van der Waals surface area contributed by atoms with Gasteiger partial charge >= 0.3 is 18.0 Å². The van der Waals surface area contributed by atoms with Crippen LogP contribution in [-0.4, -0.2) is 67.8 Å². The predicted molar refractivity (Wildman–Crippen MR) is 212 cm³/mol. The Morgan fingerprint density at radius 1 is 0.827 bits per heavy atom. The van der Waals surface area contributed by atoms with Gasteiger partial charge in [0.15, 0.2) is 0 Å². The molecule has 0 atom stereocenters. The molecular weight excluding hydrogens is 764 g/mol. The standard InChI is InChI=1S/C29H42N2O5S.C11H11BrO2S/c1-19(2)8-13-23-18-24(25(37-23)27(33)35-7)31(26(32)21-11-9-20(3)10-12-21)22-14-16-30(17-15-22)28(34)36-29(4,5)6;1-7(2)4-5-8-6-9(12)10(15-8)11(13)14-3/h18-22H,9-12,14-17H2,1-7H3;6-7H,1-3H3. The van der Waals surface area contributed by atoms with Gasteiger partial charge in [-0.05, 0) is 93.3 Å². The first-order chi connectivity index (χ1) is 24.4. The molecule has 52 heavy (non-hydrogen) atoms. The van der Waals surface area contributed by atoms with Crippen molar-refractivity contribution >= 4 is 68.2 Å². The lowest BCUT2D eigenvalue weighted by Gasteiger charge is -2.40. The molecule has 1 saturated heterocycles. The average Bonchev–Trinajstić information content (AvgIpc) is 3.69. The topological polar surface area (TPSA) is 102 Å². The molecular formula is C40H53BrN2O7S2. The van der Waals surface area contributed by atoms with E-state index in [0.717, 1.165) is 39.9 Å². The third-order valence-electron chi connectivity index (χ3n) is 8.45. The van der Waals surface area contributed by atoms with Gasteiger partial charge in [-0.1, -0.05) is 58.3 Å². The number of ether oxygens (including phenoxy) is 3. The molecule has 2 aliphatic rings. The van der Waals surface area contributed by atoms with Crippen molar-refractivity contribution in [1.82, 2.24) is 4.90 Å². The predicted octanol–water partition coefficient (Wildman–Crippen LogP) is 9.41. The Balaban J connectivity index is 0.000000406. The Morgan fingerprint density at radius 3 is 1.83 bits per heavy atom. The van der Waals surface area contributed by atoms with E-state index in [-0.39, 0.29) is 35.8 Å². The zero-order valence-corrected chi connectivity index (χ0v) is 35.4. The van der Waals surface area contributed by atoms with Gasteiger partial charge in [-0.15, -0.1) is 22.7 Å². The number of likely N-dealkylation sites (tertiary alicyclic amines) is 1. The van der Waals surface area contributed by atoms with Gasteiger partial charge in [0.2, 0.25) is 5.91 Å². The molecule has 1 aliphatic carbocycles. The number of carbonyl (C=O) groups excluding carboxylic acids is 4. The molecule has 0 unspecified atom stereocenters. The summed E-state index contributed by atoms with van der Waals surface area (Å²) in [6, 6.07) is 3.58. The van der Waals surface area contributed by atoms with Crippen LogP contribution < -0.4 is 4.90 Å². The highest BCUT2D eigenvalue weighted by Gasteiger charge is 2.38. The minimum atomic E-state index is -0.562. The number of halogens is 1. The van der Waals surface area contributed by atoms with Gasteiger partial charge in [-0.2, -0.15) is 0 Å². The van der Waals surface area contributed by atoms with Crippen molar-refractivity contribution in [1.29, 1.82) is 0 Å². The van der Waals surface area contributed by atoms with E-state index in [9.17, 15) is 19.2 Å². The summed E-state index contributed by atoms with van der Waals surface area (Å²) in [5.74, 6) is 12.7. The third-order valence-corrected chi connectivity index (χ3v) is 11.4. The summed E-state index contributed by atoms with van der Waals surface area (Å²) < 4.78 is 16.1. The molecule has 2 aromatic rings. The molecule has 0 radical (unpaired) electrons. The van der Waals surface area contributed by atoms with E-state index in [1.807, 2.05) is 65.5 Å². The fourth-order valence-corrected chi connectivity index (χ4v) is 8.33. The number of nitrogens with zero attached hydrogens (tertiary/aromatic N) is 2. The lowest BCUT2D eigenvalue weighted by molar-refractivity contribution is -0.124. The molecule has 12 heteroatoms. The molecule has 2 amide bonds. The van der Waals surface area contributed by atoms with Gasteiger partial charge in [-0.3, -0.25) is 4.79 Å². The Bertz CT molecular complexity index is 1680. The van der Waals surface area contributed by atoms with Crippen molar-refractivity contribution in [3.05, 3.63) is 36.1 Å². The molecule has 0 bridgehead atoms. The SMILES string of the molecule is COC(=O)c1sc(C#CC(C)C)cc1Br.COC(=O)c1sc(C#CC(C)C)cc1N(C(=O)C1CCC(C)CC1)C1CCN(C(=O)OC(C)(C)C)CC1. The number of carbonyl (C=O) groups is 4. The van der Waals surface area contributed by atoms with E-state index >= 15 is 0 Å². The molecule has 2 aromatic heterocycles. The first-order valence-electron chi connectivity index (χ1n) is 17.9. The Labute approximate surface area is 326 Å². The number of hydrogen-bond acceptors (Lipinski definition) is 9. The molecule has 1 aliphatic heterocycles. The molecule has 284 valence electrons. The first kappa shape index (κ1) is 43.1. The summed E-state index contributed by atoms with van der Waals surface area (Å²) >= 11 is 5.92. The van der Waals surface area contributed by atoms with E-state index in [1.165, 1.54) is 36.9 Å². The quantitative estimate of drug-likeness (QED) is 0.168. The smallest absolute Gasteiger partial charge is 0.410 e. The number of anilines is 1. The highest BCUT2D eigenvalue weighted by Crippen LogP contribution is 2.38. The van der Waals surface area contributed by atoms with Gasteiger partial charge in [0.1, 0.15) is 15.4 Å². The van der Waals surface area contributed by atoms with E-state index in [4.69, 9.17) is 9.47 Å². The number of piperidine rings is 1. The molecule has 4 rings (SSSR count). The van der Waals surface area contributed by atoms with E-state index in [1.54, 1.807) is 4.90 Å². The first-order valence-corrected chi connectivity index (χ1v) is 20.3. The van der Waals surface area contributed by atoms with Crippen LogP contribution in [0.1, 0.15) is 123 Å². The number of amides is 2. The van der Waals surface area contributed by atoms with Crippen LogP contribution >= 0.6 is 38.6 Å². The fourth-order valence-electron chi connectivity index (χ4n) is 5.79. The van der Waals surface area contributed by atoms with Gasteiger partial charge in [0.25, 0.3) is 0 Å². The van der Waals surface area contributed by atoms with Gasteiger partial charge in [0.05, 0.1) is 29.7 Å². The molecule has 3 heterocycles. The fraction of sp³-hybridized carbons (Fsp3) is 0.600. The average molecular weight is 818 g/mol. The lowest BCUT2D eigenvalue weighted by Crippen LogP contribution is -2.51. The monoisotopic (exact) mass is 816 g/mol. The highest BCUT2D eigenvalue weighted by molar-refractivity contribution is 9.10. The lowest BCUT2D eigenvalue weighted by atomic mass is 9.82. The Kier molecular flexibility index (Phi) is 16.3. The minimum Gasteiger partial charge on any atom is -0.465 e. The van der Waals surface area contributed by atoms with Crippen LogP contribution in [0.5, 0.6) is 0 Å². The van der Waals surface area contributed by atoms with Crippen LogP contribution in [-0.2, 0) is 19.0 Å². The van der Waals surface area contributed by atoms with Crippen molar-refractivity contribution < 1.29 is 33.4 Å². The maximum atomic E-state index is 14.1. The third kappa shape index (κ3) is 12.7. The zero-order chi connectivity index (χ0) is 38.7. The van der Waals surface area contributed by atoms with Gasteiger partial charge < -0.3 is 24.0 Å². The summed E-state index contributed by atoms with van der Waals surface area (Å²) in [6.45, 7) is 16.9. The van der Waals surface area contributed by atoms with E-state index < -0.39 is 11.6 Å². The van der Waals surface area contributed by atoms with Crippen molar-refractivity contribution in [2.45, 2.75) is 106 Å². The zero-order valence-electron chi connectivity index (χ0n) is 32.1. The number of esters is 2. The van der Waals surface area contributed by atoms with Crippen LogP contribution in [0.2, 0.25) is 0 Å². The summed E-state index contributed by atoms with van der Waals surface area (Å²) in [6.07, 6.45) is 4.65. The van der Waals surface area contributed by atoms with Crippen LogP contribution in [0.3, 0.4) is 0 Å². The summed E-state index contributed by atoms with van der Waals surface area (Å²) in [4.78, 5) is 57.0. The van der Waals surface area contributed by atoms with Crippen molar-refractivity contribution in [2.24, 2.45) is 23.7 Å². The van der Waals surface area contributed by atoms with Crippen LogP contribution in [0, 0.1) is 47.4 Å². The minimum absolute atomic E-state index is 0.0638. The normalized spacial score (nSPS) is 17.5. The number of rotatable bonds is 5. The second-order valence-corrected chi connectivity index (χ2v) is 17.8. The van der Waals surface area contributed by atoms with Crippen LogP contribution in [0.25, 0.3) is 0 Å². The molecule has 2 fully saturated rings. The molecule has 0 aromatic carbocycles. The highest BCUT2D eigenvalue weighted by atomic mass is 79.9. The summed E-state index contributed by atoms with van der Waals surface area (Å²) in [5.41, 5.74) is 0.0253. The number of methoxy groups -OCH3 is 2. The van der Waals surface area contributed by atoms with Crippen molar-refractivity contribution in [3.63, 3.8) is 0 Å². The molecule has 0 N–H and O–H groups in total. The van der Waals surface area contributed by atoms with Gasteiger partial charge in [-0.25, -0.2) is 14.4 Å². The maximum Gasteiger partial charge on any atom is 0.410 e.